The maximum absolute atomic E-state index is 12.7. The van der Waals surface area contributed by atoms with Gasteiger partial charge in [-0.1, -0.05) is 48.5 Å². The van der Waals surface area contributed by atoms with Crippen LogP contribution in [0, 0.1) is 0 Å². The van der Waals surface area contributed by atoms with Crippen molar-refractivity contribution in [2.75, 3.05) is 59.5 Å². The first kappa shape index (κ1) is 22.3. The summed E-state index contributed by atoms with van der Waals surface area (Å²) in [5, 5.41) is 8.78. The molecule has 0 spiro atoms. The van der Waals surface area contributed by atoms with E-state index < -0.39 is 5.97 Å². The van der Waals surface area contributed by atoms with Gasteiger partial charge in [0.25, 0.3) is 0 Å². The quantitative estimate of drug-likeness (QED) is 0.685. The summed E-state index contributed by atoms with van der Waals surface area (Å²) in [5.41, 5.74) is 4.90. The van der Waals surface area contributed by atoms with Crippen molar-refractivity contribution < 1.29 is 19.4 Å². The third-order valence-corrected chi connectivity index (χ3v) is 6.47. The van der Waals surface area contributed by atoms with Crippen molar-refractivity contribution in [3.8, 4) is 11.1 Å². The predicted octanol–water partition coefficient (Wildman–Crippen LogP) is 2.96. The Morgan fingerprint density at radius 3 is 2.16 bits per heavy atom. The molecule has 170 valence electrons. The number of aliphatic carboxylic acids is 1. The first-order valence-corrected chi connectivity index (χ1v) is 11.3. The smallest absolute Gasteiger partial charge is 0.409 e. The molecule has 1 amide bonds. The molecule has 4 rings (SSSR count). The number of ether oxygens (including phenoxy) is 1. The van der Waals surface area contributed by atoms with Gasteiger partial charge in [-0.2, -0.15) is 0 Å². The van der Waals surface area contributed by atoms with Gasteiger partial charge in [0.2, 0.25) is 0 Å². The summed E-state index contributed by atoms with van der Waals surface area (Å²) < 4.78 is 5.77. The van der Waals surface area contributed by atoms with Crippen molar-refractivity contribution in [3.05, 3.63) is 59.7 Å². The van der Waals surface area contributed by atoms with E-state index in [4.69, 9.17) is 9.84 Å². The van der Waals surface area contributed by atoms with Crippen LogP contribution >= 0.6 is 0 Å². The zero-order chi connectivity index (χ0) is 22.5. The Morgan fingerprint density at radius 1 is 0.969 bits per heavy atom. The fourth-order valence-electron chi connectivity index (χ4n) is 4.55. The summed E-state index contributed by atoms with van der Waals surface area (Å²) in [6, 6.07) is 16.7. The number of hydrogen-bond donors (Lipinski definition) is 1. The summed E-state index contributed by atoms with van der Waals surface area (Å²) in [6.07, 6.45) is -0.0865. The number of benzene rings is 2. The van der Waals surface area contributed by atoms with Crippen LogP contribution in [0.2, 0.25) is 0 Å². The van der Waals surface area contributed by atoms with Crippen LogP contribution < -0.4 is 0 Å². The number of piperazine rings is 1. The van der Waals surface area contributed by atoms with Crippen LogP contribution in [0.25, 0.3) is 11.1 Å². The maximum atomic E-state index is 12.7. The summed E-state index contributed by atoms with van der Waals surface area (Å²) in [6.45, 7) is 5.49. The van der Waals surface area contributed by atoms with E-state index in [1.807, 2.05) is 36.2 Å². The van der Waals surface area contributed by atoms with Gasteiger partial charge in [-0.3, -0.25) is 9.69 Å². The van der Waals surface area contributed by atoms with E-state index in [1.165, 1.54) is 22.3 Å². The zero-order valence-corrected chi connectivity index (χ0v) is 18.6. The summed E-state index contributed by atoms with van der Waals surface area (Å²) in [7, 11) is 1.94. The molecule has 2 aliphatic rings. The molecule has 32 heavy (non-hydrogen) atoms. The van der Waals surface area contributed by atoms with Gasteiger partial charge in [0.15, 0.2) is 0 Å². The Bertz CT molecular complexity index is 910. The summed E-state index contributed by atoms with van der Waals surface area (Å²) in [5.74, 6) is -0.692. The van der Waals surface area contributed by atoms with Crippen molar-refractivity contribution in [3.63, 3.8) is 0 Å². The molecule has 7 nitrogen and oxygen atoms in total. The third-order valence-electron chi connectivity index (χ3n) is 6.47. The van der Waals surface area contributed by atoms with Gasteiger partial charge in [-0.15, -0.1) is 0 Å². The number of carboxylic acid groups (broad SMARTS) is 1. The molecule has 1 aliphatic carbocycles. The van der Waals surface area contributed by atoms with Gasteiger partial charge in [-0.25, -0.2) is 4.79 Å². The maximum Gasteiger partial charge on any atom is 0.409 e. The standard InChI is InChI=1S/C25H31N3O4/c1-26(11-10-24(29)30)12-13-27-14-16-28(17-15-27)25(31)32-18-23-21-8-4-2-6-19(21)20-7-3-5-9-22(20)23/h2-9,23H,10-18H2,1H3,(H,29,30). The molecule has 0 radical (unpaired) electrons. The minimum atomic E-state index is -0.770. The topological polar surface area (TPSA) is 73.3 Å². The molecule has 0 bridgehead atoms. The van der Waals surface area contributed by atoms with Gasteiger partial charge in [0, 0.05) is 51.7 Å². The molecular formula is C25H31N3O4. The first-order valence-electron chi connectivity index (χ1n) is 11.3. The van der Waals surface area contributed by atoms with Gasteiger partial charge in [0.05, 0.1) is 6.42 Å². The second-order valence-electron chi connectivity index (χ2n) is 8.58. The highest BCUT2D eigenvalue weighted by atomic mass is 16.6. The lowest BCUT2D eigenvalue weighted by Gasteiger charge is -2.35. The molecule has 2 aromatic carbocycles. The third kappa shape index (κ3) is 5.11. The number of nitrogens with zero attached hydrogens (tertiary/aromatic N) is 3. The van der Waals surface area contributed by atoms with E-state index >= 15 is 0 Å². The largest absolute Gasteiger partial charge is 0.481 e. The van der Waals surface area contributed by atoms with Crippen LogP contribution in [0.3, 0.4) is 0 Å². The van der Waals surface area contributed by atoms with E-state index in [0.29, 0.717) is 26.2 Å². The van der Waals surface area contributed by atoms with Crippen molar-refractivity contribution >= 4 is 12.1 Å². The van der Waals surface area contributed by atoms with Gasteiger partial charge in [-0.05, 0) is 29.3 Å². The molecule has 1 fully saturated rings. The fraction of sp³-hybridized carbons (Fsp3) is 0.440. The van der Waals surface area contributed by atoms with Crippen LogP contribution in [0.4, 0.5) is 4.79 Å². The molecule has 1 heterocycles. The molecule has 0 saturated carbocycles. The number of carbonyl (C=O) groups excluding carboxylic acids is 1. The zero-order valence-electron chi connectivity index (χ0n) is 18.6. The predicted molar refractivity (Wildman–Crippen MR) is 123 cm³/mol. The van der Waals surface area contributed by atoms with Gasteiger partial charge < -0.3 is 19.6 Å². The highest BCUT2D eigenvalue weighted by Crippen LogP contribution is 2.44. The number of rotatable bonds is 8. The Labute approximate surface area is 189 Å². The van der Waals surface area contributed by atoms with Crippen molar-refractivity contribution in [1.29, 1.82) is 0 Å². The van der Waals surface area contributed by atoms with Crippen LogP contribution in [0.15, 0.2) is 48.5 Å². The number of fused-ring (bicyclic) bond motifs is 3. The molecule has 2 aromatic rings. The molecule has 1 saturated heterocycles. The minimum absolute atomic E-state index is 0.0778. The van der Waals surface area contributed by atoms with E-state index in [2.05, 4.69) is 29.2 Å². The molecule has 1 N–H and O–H groups in total. The van der Waals surface area contributed by atoms with Crippen molar-refractivity contribution in [1.82, 2.24) is 14.7 Å². The fourth-order valence-corrected chi connectivity index (χ4v) is 4.55. The average Bonchev–Trinajstić information content (AvgIpc) is 3.14. The number of carbonyl (C=O) groups is 2. The number of likely N-dealkylation sites (N-methyl/N-ethyl adjacent to an activating group) is 1. The highest BCUT2D eigenvalue weighted by Gasteiger charge is 2.30. The summed E-state index contributed by atoms with van der Waals surface area (Å²) >= 11 is 0. The Balaban J connectivity index is 1.24. The van der Waals surface area contributed by atoms with Crippen molar-refractivity contribution in [2.24, 2.45) is 0 Å². The van der Waals surface area contributed by atoms with Crippen LogP contribution in [0.1, 0.15) is 23.5 Å². The van der Waals surface area contributed by atoms with E-state index in [0.717, 1.165) is 26.2 Å². The van der Waals surface area contributed by atoms with E-state index in [9.17, 15) is 9.59 Å². The molecule has 0 atom stereocenters. The number of carboxylic acids is 1. The van der Waals surface area contributed by atoms with Gasteiger partial charge >= 0.3 is 12.1 Å². The lowest BCUT2D eigenvalue weighted by molar-refractivity contribution is -0.137. The Morgan fingerprint density at radius 2 is 1.56 bits per heavy atom. The monoisotopic (exact) mass is 437 g/mol. The minimum Gasteiger partial charge on any atom is -0.481 e. The Hall–Kier alpha value is -2.90. The molecule has 7 heteroatoms. The second kappa shape index (κ2) is 10.1. The molecule has 0 unspecified atom stereocenters. The van der Waals surface area contributed by atoms with E-state index in [1.54, 1.807) is 4.90 Å². The van der Waals surface area contributed by atoms with Crippen LogP contribution in [-0.2, 0) is 9.53 Å². The molecule has 0 aromatic heterocycles. The average molecular weight is 438 g/mol. The molecular weight excluding hydrogens is 406 g/mol. The highest BCUT2D eigenvalue weighted by molar-refractivity contribution is 5.79. The lowest BCUT2D eigenvalue weighted by Crippen LogP contribution is -2.50. The SMILES string of the molecule is CN(CCC(=O)O)CCN1CCN(C(=O)OCC2c3ccccc3-c3ccccc32)CC1. The molecule has 1 aliphatic heterocycles. The normalized spacial score (nSPS) is 16.1. The van der Waals surface area contributed by atoms with E-state index in [-0.39, 0.29) is 18.4 Å². The Kier molecular flexibility index (Phi) is 7.07. The van der Waals surface area contributed by atoms with Crippen molar-refractivity contribution in [2.45, 2.75) is 12.3 Å². The lowest BCUT2D eigenvalue weighted by atomic mass is 9.98. The second-order valence-corrected chi connectivity index (χ2v) is 8.58. The number of hydrogen-bond acceptors (Lipinski definition) is 5. The van der Waals surface area contributed by atoms with Crippen LogP contribution in [-0.4, -0.2) is 91.3 Å². The number of amides is 1. The van der Waals surface area contributed by atoms with Crippen LogP contribution in [0.5, 0.6) is 0 Å². The first-order chi connectivity index (χ1) is 15.5. The van der Waals surface area contributed by atoms with Gasteiger partial charge in [0.1, 0.15) is 6.61 Å². The summed E-state index contributed by atoms with van der Waals surface area (Å²) in [4.78, 5) is 29.5.